The molecule has 2 aromatic carbocycles. The van der Waals surface area contributed by atoms with Crippen LogP contribution in [-0.4, -0.2) is 20.1 Å². The lowest BCUT2D eigenvalue weighted by Crippen LogP contribution is -2.41. The van der Waals surface area contributed by atoms with Gasteiger partial charge in [0.1, 0.15) is 5.82 Å². The van der Waals surface area contributed by atoms with Crippen molar-refractivity contribution in [3.8, 4) is 0 Å². The van der Waals surface area contributed by atoms with Crippen LogP contribution in [0.25, 0.3) is 0 Å². The zero-order valence-electron chi connectivity index (χ0n) is 12.3. The fourth-order valence-electron chi connectivity index (χ4n) is 1.65. The largest absolute Gasteiger partial charge is 0.278 e. The van der Waals surface area contributed by atoms with Gasteiger partial charge in [0.2, 0.25) is 5.91 Å². The van der Waals surface area contributed by atoms with Gasteiger partial charge < -0.3 is 0 Å². The van der Waals surface area contributed by atoms with E-state index in [2.05, 4.69) is 5.43 Å². The van der Waals surface area contributed by atoms with E-state index in [1.54, 1.807) is 12.1 Å². The SMILES string of the molecule is O=C(CCSc1ccc(F)cc1)NNS(=O)(=O)c1ccc(Cl)cc1. The summed E-state index contributed by atoms with van der Waals surface area (Å²) < 4.78 is 36.7. The Bertz CT molecular complexity index is 796. The summed E-state index contributed by atoms with van der Waals surface area (Å²) in [5, 5.41) is 0.413. The van der Waals surface area contributed by atoms with Gasteiger partial charge in [0, 0.05) is 22.1 Å². The van der Waals surface area contributed by atoms with Gasteiger partial charge in [0.05, 0.1) is 4.90 Å². The van der Waals surface area contributed by atoms with E-state index in [4.69, 9.17) is 11.6 Å². The number of hydrogen-bond donors (Lipinski definition) is 2. The molecule has 0 saturated heterocycles. The highest BCUT2D eigenvalue weighted by Gasteiger charge is 2.14. The Morgan fingerprint density at radius 3 is 2.33 bits per heavy atom. The van der Waals surface area contributed by atoms with Crippen molar-refractivity contribution in [2.75, 3.05) is 5.75 Å². The van der Waals surface area contributed by atoms with Crippen LogP contribution in [0.5, 0.6) is 0 Å². The standard InChI is InChI=1S/C15H14ClFN2O3S2/c16-11-1-7-14(8-2-11)24(21,22)19-18-15(20)9-10-23-13-5-3-12(17)4-6-13/h1-8,19H,9-10H2,(H,18,20). The number of amides is 1. The maximum atomic E-state index is 12.8. The molecule has 0 aliphatic carbocycles. The minimum Gasteiger partial charge on any atom is -0.278 e. The minimum atomic E-state index is -3.84. The summed E-state index contributed by atoms with van der Waals surface area (Å²) in [5.74, 6) is -0.365. The highest BCUT2D eigenvalue weighted by Crippen LogP contribution is 2.18. The first-order valence-corrected chi connectivity index (χ1v) is 9.66. The molecule has 0 unspecified atom stereocenters. The van der Waals surface area contributed by atoms with Crippen molar-refractivity contribution in [2.24, 2.45) is 0 Å². The normalized spacial score (nSPS) is 11.2. The summed E-state index contributed by atoms with van der Waals surface area (Å²) in [7, 11) is -3.84. The summed E-state index contributed by atoms with van der Waals surface area (Å²) in [6.45, 7) is 0. The number of nitrogens with one attached hydrogen (secondary N) is 2. The average Bonchev–Trinajstić information content (AvgIpc) is 2.55. The molecule has 0 aliphatic rings. The summed E-state index contributed by atoms with van der Waals surface area (Å²) in [5.41, 5.74) is 2.15. The smallest absolute Gasteiger partial charge is 0.257 e. The van der Waals surface area contributed by atoms with Gasteiger partial charge in [-0.1, -0.05) is 11.6 Å². The van der Waals surface area contributed by atoms with Crippen molar-refractivity contribution >= 4 is 39.3 Å². The highest BCUT2D eigenvalue weighted by molar-refractivity contribution is 7.99. The van der Waals surface area contributed by atoms with Crippen LogP contribution in [-0.2, 0) is 14.8 Å². The Hall–Kier alpha value is -1.61. The molecule has 5 nitrogen and oxygen atoms in total. The highest BCUT2D eigenvalue weighted by atomic mass is 35.5. The van der Waals surface area contributed by atoms with Crippen molar-refractivity contribution in [2.45, 2.75) is 16.2 Å². The van der Waals surface area contributed by atoms with E-state index in [-0.39, 0.29) is 17.1 Å². The second kappa shape index (κ2) is 8.48. The molecular weight excluding hydrogens is 375 g/mol. The Morgan fingerprint density at radius 2 is 1.71 bits per heavy atom. The van der Waals surface area contributed by atoms with E-state index in [9.17, 15) is 17.6 Å². The molecule has 0 aromatic heterocycles. The predicted octanol–water partition coefficient (Wildman–Crippen LogP) is 2.97. The molecule has 0 radical (unpaired) electrons. The lowest BCUT2D eigenvalue weighted by Gasteiger charge is -2.08. The van der Waals surface area contributed by atoms with E-state index in [1.807, 2.05) is 4.83 Å². The average molecular weight is 389 g/mol. The third-order valence-electron chi connectivity index (χ3n) is 2.86. The van der Waals surface area contributed by atoms with E-state index in [0.717, 1.165) is 4.90 Å². The van der Waals surface area contributed by atoms with Gasteiger partial charge in [-0.25, -0.2) is 12.8 Å². The van der Waals surface area contributed by atoms with Gasteiger partial charge in [-0.3, -0.25) is 10.2 Å². The quantitative estimate of drug-likeness (QED) is 0.564. The van der Waals surface area contributed by atoms with Crippen LogP contribution in [0, 0.1) is 5.82 Å². The van der Waals surface area contributed by atoms with Crippen molar-refractivity contribution in [1.29, 1.82) is 0 Å². The molecule has 0 saturated carbocycles. The zero-order chi connectivity index (χ0) is 17.6. The lowest BCUT2D eigenvalue weighted by molar-refractivity contribution is -0.121. The number of carbonyl (C=O) groups excluding carboxylic acids is 1. The van der Waals surface area contributed by atoms with Crippen molar-refractivity contribution in [3.63, 3.8) is 0 Å². The Kier molecular flexibility index (Phi) is 6.61. The monoisotopic (exact) mass is 388 g/mol. The summed E-state index contributed by atoms with van der Waals surface area (Å²) in [6, 6.07) is 11.4. The molecule has 128 valence electrons. The zero-order valence-corrected chi connectivity index (χ0v) is 14.7. The molecular formula is C15H14ClFN2O3S2. The van der Waals surface area contributed by atoms with Crippen molar-refractivity contribution in [3.05, 3.63) is 59.4 Å². The fraction of sp³-hybridized carbons (Fsp3) is 0.133. The number of thioether (sulfide) groups is 1. The molecule has 0 heterocycles. The van der Waals surface area contributed by atoms with Crippen molar-refractivity contribution < 1.29 is 17.6 Å². The molecule has 1 amide bonds. The Balaban J connectivity index is 1.78. The lowest BCUT2D eigenvalue weighted by atomic mass is 10.4. The molecule has 0 atom stereocenters. The molecule has 0 bridgehead atoms. The van der Waals surface area contributed by atoms with Crippen LogP contribution in [0.4, 0.5) is 4.39 Å². The number of carbonyl (C=O) groups is 1. The topological polar surface area (TPSA) is 75.3 Å². The minimum absolute atomic E-state index is 0.00659. The second-order valence-corrected chi connectivity index (χ2v) is 7.95. The van der Waals surface area contributed by atoms with E-state index in [1.165, 1.54) is 48.2 Å². The van der Waals surface area contributed by atoms with E-state index in [0.29, 0.717) is 10.8 Å². The number of hydrazine groups is 1. The van der Waals surface area contributed by atoms with E-state index >= 15 is 0 Å². The number of hydrogen-bond acceptors (Lipinski definition) is 4. The van der Waals surface area contributed by atoms with Gasteiger partial charge in [0.25, 0.3) is 10.0 Å². The van der Waals surface area contributed by atoms with Crippen LogP contribution in [0.1, 0.15) is 6.42 Å². The maximum Gasteiger partial charge on any atom is 0.257 e. The van der Waals surface area contributed by atoms with Gasteiger partial charge >= 0.3 is 0 Å². The van der Waals surface area contributed by atoms with Crippen LogP contribution < -0.4 is 10.3 Å². The van der Waals surface area contributed by atoms with Crippen LogP contribution in [0.2, 0.25) is 5.02 Å². The number of sulfonamides is 1. The molecule has 2 rings (SSSR count). The van der Waals surface area contributed by atoms with E-state index < -0.39 is 15.9 Å². The molecule has 0 fully saturated rings. The number of rotatable bonds is 7. The predicted molar refractivity (Wildman–Crippen MR) is 91.7 cm³/mol. The summed E-state index contributed by atoms with van der Waals surface area (Å²) >= 11 is 7.07. The van der Waals surface area contributed by atoms with Gasteiger partial charge in [0.15, 0.2) is 0 Å². The van der Waals surface area contributed by atoms with Crippen molar-refractivity contribution in [1.82, 2.24) is 10.3 Å². The first kappa shape index (κ1) is 18.7. The third kappa shape index (κ3) is 5.79. The fourth-order valence-corrected chi connectivity index (χ4v) is 3.49. The number of benzene rings is 2. The Morgan fingerprint density at radius 1 is 1.08 bits per heavy atom. The number of halogens is 2. The molecule has 2 N–H and O–H groups in total. The van der Waals surface area contributed by atoms with Crippen LogP contribution in [0.15, 0.2) is 58.3 Å². The molecule has 0 spiro atoms. The van der Waals surface area contributed by atoms with Crippen LogP contribution >= 0.6 is 23.4 Å². The van der Waals surface area contributed by atoms with Gasteiger partial charge in [-0.15, -0.1) is 16.6 Å². The molecule has 24 heavy (non-hydrogen) atoms. The van der Waals surface area contributed by atoms with Crippen LogP contribution in [0.3, 0.4) is 0 Å². The first-order chi connectivity index (χ1) is 11.4. The maximum absolute atomic E-state index is 12.8. The second-order valence-electron chi connectivity index (χ2n) is 4.66. The Labute approximate surface area is 148 Å². The van der Waals surface area contributed by atoms with Gasteiger partial charge in [-0.2, -0.15) is 0 Å². The summed E-state index contributed by atoms with van der Waals surface area (Å²) in [6.07, 6.45) is 0.102. The summed E-state index contributed by atoms with van der Waals surface area (Å²) in [4.78, 5) is 14.5. The molecule has 2 aromatic rings. The third-order valence-corrected chi connectivity index (χ3v) is 5.39. The molecule has 0 aliphatic heterocycles. The first-order valence-electron chi connectivity index (χ1n) is 6.81. The molecule has 9 heteroatoms. The van der Waals surface area contributed by atoms with Gasteiger partial charge in [-0.05, 0) is 48.5 Å².